The molecule has 1 aliphatic rings. The Hall–Kier alpha value is -1.63. The first-order valence-corrected chi connectivity index (χ1v) is 6.94. The zero-order valence-corrected chi connectivity index (χ0v) is 10.1. The molecule has 1 N–H and O–H groups in total. The summed E-state index contributed by atoms with van der Waals surface area (Å²) in [5.74, 6) is 0.868. The molecule has 1 aliphatic heterocycles. The predicted octanol–water partition coefficient (Wildman–Crippen LogP) is 0.598. The molecule has 0 aliphatic carbocycles. The van der Waals surface area contributed by atoms with Crippen LogP contribution in [0.25, 0.3) is 0 Å². The molecule has 17 heavy (non-hydrogen) atoms. The van der Waals surface area contributed by atoms with Crippen LogP contribution in [0, 0.1) is 0 Å². The van der Waals surface area contributed by atoms with Gasteiger partial charge in [0.2, 0.25) is 11.8 Å². The first-order valence-electron chi connectivity index (χ1n) is 5.22. The van der Waals surface area contributed by atoms with E-state index in [1.54, 1.807) is 18.3 Å². The van der Waals surface area contributed by atoms with E-state index in [2.05, 4.69) is 15.3 Å². The Kier molecular flexibility index (Phi) is 3.28. The van der Waals surface area contributed by atoms with Gasteiger partial charge in [-0.05, 0) is 13.0 Å². The molecule has 0 aromatic carbocycles. The second-order valence-electron chi connectivity index (χ2n) is 3.56. The predicted molar refractivity (Wildman–Crippen MR) is 63.5 cm³/mol. The smallest absolute Gasteiger partial charge is 0.226 e. The van der Waals surface area contributed by atoms with Crippen LogP contribution in [0.4, 0.5) is 5.95 Å². The fourth-order valence-corrected chi connectivity index (χ4v) is 2.71. The number of nitrogens with zero attached hydrogens (tertiary/aromatic N) is 2. The van der Waals surface area contributed by atoms with E-state index in [1.165, 1.54) is 5.41 Å². The molecule has 1 aromatic rings. The van der Waals surface area contributed by atoms with Crippen LogP contribution in [-0.2, 0) is 9.84 Å². The fraction of sp³-hybridized carbons (Fsp3) is 0.400. The Morgan fingerprint density at radius 1 is 1.59 bits per heavy atom. The lowest BCUT2D eigenvalue weighted by Gasteiger charge is -2.10. The molecule has 0 fully saturated rings. The van der Waals surface area contributed by atoms with Crippen LogP contribution in [0.3, 0.4) is 0 Å². The van der Waals surface area contributed by atoms with Gasteiger partial charge in [0, 0.05) is 17.7 Å². The lowest BCUT2D eigenvalue weighted by molar-refractivity contribution is 0.326. The highest BCUT2D eigenvalue weighted by molar-refractivity contribution is 7.94. The van der Waals surface area contributed by atoms with Crippen molar-refractivity contribution in [2.45, 2.75) is 13.0 Å². The highest BCUT2D eigenvalue weighted by atomic mass is 32.2. The molecule has 6 nitrogen and oxygen atoms in total. The summed E-state index contributed by atoms with van der Waals surface area (Å²) >= 11 is 0. The summed E-state index contributed by atoms with van der Waals surface area (Å²) in [7, 11) is -3.07. The third kappa shape index (κ3) is 3.16. The number of hydrogen-bond acceptors (Lipinski definition) is 6. The Bertz CT molecular complexity index is 527. The van der Waals surface area contributed by atoms with Crippen molar-refractivity contribution in [2.75, 3.05) is 17.7 Å². The van der Waals surface area contributed by atoms with Crippen molar-refractivity contribution in [2.24, 2.45) is 0 Å². The molecule has 1 atom stereocenters. The van der Waals surface area contributed by atoms with Crippen LogP contribution in [0.15, 0.2) is 23.7 Å². The van der Waals surface area contributed by atoms with Gasteiger partial charge in [-0.15, -0.1) is 0 Å². The molecular weight excluding hydrogens is 242 g/mol. The van der Waals surface area contributed by atoms with Crippen LogP contribution in [-0.4, -0.2) is 36.8 Å². The monoisotopic (exact) mass is 255 g/mol. The summed E-state index contributed by atoms with van der Waals surface area (Å²) in [4.78, 5) is 8.10. The maximum Gasteiger partial charge on any atom is 0.226 e. The van der Waals surface area contributed by atoms with E-state index in [9.17, 15) is 8.42 Å². The summed E-state index contributed by atoms with van der Waals surface area (Å²) in [6.07, 6.45) is 3.15. The zero-order chi connectivity index (χ0) is 12.3. The van der Waals surface area contributed by atoms with Crippen molar-refractivity contribution in [1.29, 1.82) is 0 Å². The molecular formula is C10H13N3O3S. The van der Waals surface area contributed by atoms with Gasteiger partial charge in [-0.1, -0.05) is 0 Å². The Balaban J connectivity index is 2.05. The average Bonchev–Trinajstić information content (AvgIpc) is 2.59. The Labute approximate surface area is 99.7 Å². The molecule has 1 aromatic heterocycles. The van der Waals surface area contributed by atoms with Gasteiger partial charge >= 0.3 is 0 Å². The summed E-state index contributed by atoms with van der Waals surface area (Å²) in [5, 5.41) is 4.13. The lowest BCUT2D eigenvalue weighted by atomic mass is 10.3. The molecule has 0 amide bonds. The van der Waals surface area contributed by atoms with Crippen LogP contribution in [0.2, 0.25) is 0 Å². The summed E-state index contributed by atoms with van der Waals surface area (Å²) < 4.78 is 27.6. The van der Waals surface area contributed by atoms with Gasteiger partial charge in [0.15, 0.2) is 9.84 Å². The minimum absolute atomic E-state index is 0.0369. The number of aromatic nitrogens is 2. The molecule has 0 bridgehead atoms. The standard InChI is InChI=1S/C10H13N3O3S/c1-2-16-9-3-5-11-10(13-9)12-8-4-6-17(14,15)7-8/h3-6,8H,2,7H2,1H3,(H,11,12,13). The van der Waals surface area contributed by atoms with Crippen LogP contribution in [0.5, 0.6) is 5.88 Å². The van der Waals surface area contributed by atoms with Crippen molar-refractivity contribution < 1.29 is 13.2 Å². The van der Waals surface area contributed by atoms with Crippen molar-refractivity contribution in [3.05, 3.63) is 23.7 Å². The number of sulfone groups is 1. The molecule has 0 saturated carbocycles. The number of ether oxygens (including phenoxy) is 1. The maximum absolute atomic E-state index is 11.2. The normalized spacial score (nSPS) is 21.4. The van der Waals surface area contributed by atoms with Gasteiger partial charge in [-0.3, -0.25) is 0 Å². The van der Waals surface area contributed by atoms with E-state index in [4.69, 9.17) is 4.74 Å². The lowest BCUT2D eigenvalue weighted by Crippen LogP contribution is -2.22. The quantitative estimate of drug-likeness (QED) is 0.848. The van der Waals surface area contributed by atoms with E-state index in [0.717, 1.165) is 0 Å². The molecule has 2 heterocycles. The van der Waals surface area contributed by atoms with Gasteiger partial charge in [0.1, 0.15) is 0 Å². The highest BCUT2D eigenvalue weighted by Gasteiger charge is 2.22. The van der Waals surface area contributed by atoms with Crippen molar-refractivity contribution >= 4 is 15.8 Å². The largest absolute Gasteiger partial charge is 0.478 e. The van der Waals surface area contributed by atoms with Crippen LogP contribution in [0.1, 0.15) is 6.92 Å². The summed E-state index contributed by atoms with van der Waals surface area (Å²) in [6, 6.07) is 1.37. The maximum atomic E-state index is 11.2. The molecule has 2 rings (SSSR count). The van der Waals surface area contributed by atoms with E-state index in [-0.39, 0.29) is 11.8 Å². The number of rotatable bonds is 4. The Morgan fingerprint density at radius 2 is 2.41 bits per heavy atom. The minimum Gasteiger partial charge on any atom is -0.478 e. The van der Waals surface area contributed by atoms with Crippen LogP contribution < -0.4 is 10.1 Å². The molecule has 92 valence electrons. The third-order valence-electron chi connectivity index (χ3n) is 2.17. The first-order chi connectivity index (χ1) is 8.09. The SMILES string of the molecule is CCOc1ccnc(NC2C=CS(=O)(=O)C2)n1. The van der Waals surface area contributed by atoms with Gasteiger partial charge in [0.25, 0.3) is 0 Å². The minimum atomic E-state index is -3.07. The molecule has 1 unspecified atom stereocenters. The van der Waals surface area contributed by atoms with E-state index >= 15 is 0 Å². The zero-order valence-electron chi connectivity index (χ0n) is 9.33. The van der Waals surface area contributed by atoms with Gasteiger partial charge < -0.3 is 10.1 Å². The van der Waals surface area contributed by atoms with Gasteiger partial charge in [-0.2, -0.15) is 4.98 Å². The highest BCUT2D eigenvalue weighted by Crippen LogP contribution is 2.14. The van der Waals surface area contributed by atoms with Crippen LogP contribution >= 0.6 is 0 Å². The second kappa shape index (κ2) is 4.70. The van der Waals surface area contributed by atoms with E-state index in [1.807, 2.05) is 6.92 Å². The molecule has 0 saturated heterocycles. The van der Waals surface area contributed by atoms with Gasteiger partial charge in [0.05, 0.1) is 18.4 Å². The Morgan fingerprint density at radius 3 is 3.06 bits per heavy atom. The average molecular weight is 255 g/mol. The fourth-order valence-electron chi connectivity index (χ4n) is 1.47. The summed E-state index contributed by atoms with van der Waals surface area (Å²) in [5.41, 5.74) is 0. The van der Waals surface area contributed by atoms with Gasteiger partial charge in [-0.25, -0.2) is 13.4 Å². The number of anilines is 1. The molecule has 7 heteroatoms. The van der Waals surface area contributed by atoms with E-state index < -0.39 is 9.84 Å². The summed E-state index contributed by atoms with van der Waals surface area (Å²) in [6.45, 7) is 2.38. The topological polar surface area (TPSA) is 81.2 Å². The molecule has 0 radical (unpaired) electrons. The first kappa shape index (κ1) is 11.8. The molecule has 0 spiro atoms. The van der Waals surface area contributed by atoms with Crippen molar-refractivity contribution in [1.82, 2.24) is 9.97 Å². The van der Waals surface area contributed by atoms with Crippen molar-refractivity contribution in [3.63, 3.8) is 0 Å². The van der Waals surface area contributed by atoms with Crippen molar-refractivity contribution in [3.8, 4) is 5.88 Å². The van der Waals surface area contributed by atoms with E-state index in [0.29, 0.717) is 18.4 Å². The third-order valence-corrected chi connectivity index (χ3v) is 3.56. The number of hydrogen-bond donors (Lipinski definition) is 1. The second-order valence-corrected chi connectivity index (χ2v) is 5.49. The number of nitrogens with one attached hydrogen (secondary N) is 1.